The van der Waals surface area contributed by atoms with Crippen molar-refractivity contribution in [1.29, 1.82) is 0 Å². The van der Waals surface area contributed by atoms with Crippen molar-refractivity contribution in [1.82, 2.24) is 4.31 Å². The fourth-order valence-corrected chi connectivity index (χ4v) is 4.00. The normalized spacial score (nSPS) is 12.3. The Bertz CT molecular complexity index is 551. The van der Waals surface area contributed by atoms with E-state index in [0.29, 0.717) is 29.6 Å². The summed E-state index contributed by atoms with van der Waals surface area (Å²) in [6.45, 7) is 9.13. The van der Waals surface area contributed by atoms with Crippen LogP contribution in [-0.2, 0) is 16.4 Å². The van der Waals surface area contributed by atoms with Crippen molar-refractivity contribution < 1.29 is 8.42 Å². The van der Waals surface area contributed by atoms with Crippen molar-refractivity contribution in [3.63, 3.8) is 0 Å². The molecule has 120 valence electrons. The zero-order chi connectivity index (χ0) is 16.0. The lowest BCUT2D eigenvalue weighted by Crippen LogP contribution is -2.35. The number of sulfonamides is 1. The Kier molecular flexibility index (Phi) is 6.68. The summed E-state index contributed by atoms with van der Waals surface area (Å²) >= 11 is 0. The van der Waals surface area contributed by atoms with Crippen LogP contribution in [0.4, 0.5) is 5.69 Å². The zero-order valence-electron chi connectivity index (χ0n) is 13.6. The van der Waals surface area contributed by atoms with E-state index in [9.17, 15) is 8.42 Å². The fraction of sp³-hybridized carbons (Fsp3) is 0.625. The van der Waals surface area contributed by atoms with Crippen LogP contribution >= 0.6 is 0 Å². The molecule has 0 aliphatic carbocycles. The number of nitrogens with two attached hydrogens (primary N) is 1. The number of aryl methyl sites for hydroxylation is 1. The molecule has 0 heterocycles. The Balaban J connectivity index is 3.09. The van der Waals surface area contributed by atoms with Crippen LogP contribution in [0, 0.1) is 5.92 Å². The van der Waals surface area contributed by atoms with Crippen molar-refractivity contribution in [2.75, 3.05) is 18.8 Å². The van der Waals surface area contributed by atoms with Gasteiger partial charge in [0.1, 0.15) is 0 Å². The van der Waals surface area contributed by atoms with E-state index in [-0.39, 0.29) is 0 Å². The molecule has 0 saturated heterocycles. The lowest BCUT2D eigenvalue weighted by Gasteiger charge is -2.25. The molecule has 0 spiro atoms. The number of nitrogen functional groups attached to an aromatic ring is 1. The molecule has 0 saturated carbocycles. The summed E-state index contributed by atoms with van der Waals surface area (Å²) < 4.78 is 27.1. The number of anilines is 1. The maximum Gasteiger partial charge on any atom is 0.243 e. The smallest absolute Gasteiger partial charge is 0.243 e. The highest BCUT2D eigenvalue weighted by molar-refractivity contribution is 7.89. The molecular formula is C16H28N2O2S. The Morgan fingerprint density at radius 2 is 1.76 bits per heavy atom. The van der Waals surface area contributed by atoms with Crippen molar-refractivity contribution in [2.45, 2.75) is 51.9 Å². The van der Waals surface area contributed by atoms with Gasteiger partial charge >= 0.3 is 0 Å². The predicted molar refractivity (Wildman–Crippen MR) is 88.7 cm³/mol. The first-order valence-corrected chi connectivity index (χ1v) is 9.23. The van der Waals surface area contributed by atoms with Gasteiger partial charge < -0.3 is 5.73 Å². The summed E-state index contributed by atoms with van der Waals surface area (Å²) in [6.07, 6.45) is 2.77. The summed E-state index contributed by atoms with van der Waals surface area (Å²) in [5, 5.41) is 0. The molecule has 0 bridgehead atoms. The van der Waals surface area contributed by atoms with Gasteiger partial charge in [0, 0.05) is 18.8 Å². The molecule has 0 aliphatic heterocycles. The molecule has 5 heteroatoms. The average Bonchev–Trinajstić information content (AvgIpc) is 2.48. The second-order valence-electron chi connectivity index (χ2n) is 5.35. The molecule has 21 heavy (non-hydrogen) atoms. The van der Waals surface area contributed by atoms with Crippen LogP contribution in [0.25, 0.3) is 0 Å². The third kappa shape index (κ3) is 4.20. The maximum absolute atomic E-state index is 12.8. The van der Waals surface area contributed by atoms with Gasteiger partial charge in [-0.2, -0.15) is 4.31 Å². The van der Waals surface area contributed by atoms with Crippen molar-refractivity contribution >= 4 is 15.7 Å². The molecular weight excluding hydrogens is 284 g/mol. The topological polar surface area (TPSA) is 63.4 Å². The molecule has 0 radical (unpaired) electrons. The van der Waals surface area contributed by atoms with Crippen molar-refractivity contribution in [3.05, 3.63) is 23.8 Å². The van der Waals surface area contributed by atoms with Gasteiger partial charge in [0.2, 0.25) is 10.0 Å². The largest absolute Gasteiger partial charge is 0.398 e. The van der Waals surface area contributed by atoms with Gasteiger partial charge in [-0.25, -0.2) is 8.42 Å². The quantitative estimate of drug-likeness (QED) is 0.749. The van der Waals surface area contributed by atoms with Crippen LogP contribution in [-0.4, -0.2) is 25.8 Å². The van der Waals surface area contributed by atoms with Crippen LogP contribution in [0.2, 0.25) is 0 Å². The monoisotopic (exact) mass is 312 g/mol. The third-order valence-electron chi connectivity index (χ3n) is 4.11. The van der Waals surface area contributed by atoms with Crippen LogP contribution < -0.4 is 5.73 Å². The molecule has 0 atom stereocenters. The fourth-order valence-electron chi connectivity index (χ4n) is 2.44. The summed E-state index contributed by atoms with van der Waals surface area (Å²) in [6, 6.07) is 5.07. The van der Waals surface area contributed by atoms with E-state index in [4.69, 9.17) is 5.73 Å². The van der Waals surface area contributed by atoms with E-state index in [1.54, 1.807) is 16.4 Å². The summed E-state index contributed by atoms with van der Waals surface area (Å²) in [5.41, 5.74) is 7.48. The van der Waals surface area contributed by atoms with E-state index < -0.39 is 10.0 Å². The molecule has 0 fully saturated rings. The standard InChI is InChI=1S/C16H28N2O2S/c1-5-13(6-2)12-18(8-4)21(19,20)15-10-9-14(7-3)16(17)11-15/h9-11,13H,5-8,12,17H2,1-4H3. The molecule has 0 aliphatic rings. The summed E-state index contributed by atoms with van der Waals surface area (Å²) in [5.74, 6) is 0.395. The molecule has 2 N–H and O–H groups in total. The molecule has 4 nitrogen and oxygen atoms in total. The zero-order valence-corrected chi connectivity index (χ0v) is 14.4. The minimum atomic E-state index is -3.46. The second-order valence-corrected chi connectivity index (χ2v) is 7.29. The minimum Gasteiger partial charge on any atom is -0.398 e. The third-order valence-corrected chi connectivity index (χ3v) is 6.04. The first-order valence-electron chi connectivity index (χ1n) is 7.79. The Labute approximate surface area is 129 Å². The number of benzene rings is 1. The lowest BCUT2D eigenvalue weighted by atomic mass is 10.0. The Morgan fingerprint density at radius 3 is 2.19 bits per heavy atom. The van der Waals surface area contributed by atoms with Gasteiger partial charge in [-0.1, -0.05) is 46.6 Å². The number of nitrogens with zero attached hydrogens (tertiary/aromatic N) is 1. The van der Waals surface area contributed by atoms with Gasteiger partial charge in [0.15, 0.2) is 0 Å². The van der Waals surface area contributed by atoms with Gasteiger partial charge in [0.25, 0.3) is 0 Å². The van der Waals surface area contributed by atoms with E-state index >= 15 is 0 Å². The summed E-state index contributed by atoms with van der Waals surface area (Å²) in [4.78, 5) is 0.296. The highest BCUT2D eigenvalue weighted by Crippen LogP contribution is 2.23. The lowest BCUT2D eigenvalue weighted by molar-refractivity contribution is 0.339. The highest BCUT2D eigenvalue weighted by atomic mass is 32.2. The second kappa shape index (κ2) is 7.80. The van der Waals surface area contributed by atoms with Crippen molar-refractivity contribution in [3.8, 4) is 0 Å². The van der Waals surface area contributed by atoms with Crippen LogP contribution in [0.1, 0.15) is 46.1 Å². The molecule has 0 amide bonds. The maximum atomic E-state index is 12.8. The van der Waals surface area contributed by atoms with Gasteiger partial charge in [-0.05, 0) is 30.0 Å². The van der Waals surface area contributed by atoms with Crippen molar-refractivity contribution in [2.24, 2.45) is 5.92 Å². The van der Waals surface area contributed by atoms with Crippen LogP contribution in [0.5, 0.6) is 0 Å². The first-order chi connectivity index (χ1) is 9.90. The Morgan fingerprint density at radius 1 is 1.14 bits per heavy atom. The van der Waals surface area contributed by atoms with E-state index in [0.717, 1.165) is 24.8 Å². The van der Waals surface area contributed by atoms with Gasteiger partial charge in [-0.15, -0.1) is 0 Å². The molecule has 0 aromatic heterocycles. The summed E-state index contributed by atoms with van der Waals surface area (Å²) in [7, 11) is -3.46. The predicted octanol–water partition coefficient (Wildman–Crippen LogP) is 3.28. The minimum absolute atomic E-state index is 0.296. The first kappa shape index (κ1) is 18.0. The molecule has 1 aromatic rings. The van der Waals surface area contributed by atoms with Gasteiger partial charge in [0.05, 0.1) is 4.90 Å². The average molecular weight is 312 g/mol. The number of rotatable bonds is 8. The van der Waals surface area contributed by atoms with E-state index in [1.807, 2.05) is 19.9 Å². The highest BCUT2D eigenvalue weighted by Gasteiger charge is 2.25. The van der Waals surface area contributed by atoms with Crippen LogP contribution in [0.3, 0.4) is 0 Å². The van der Waals surface area contributed by atoms with Gasteiger partial charge in [-0.3, -0.25) is 0 Å². The number of hydrogen-bond acceptors (Lipinski definition) is 3. The molecule has 1 aromatic carbocycles. The molecule has 1 rings (SSSR count). The van der Waals surface area contributed by atoms with Crippen LogP contribution in [0.15, 0.2) is 23.1 Å². The van der Waals surface area contributed by atoms with E-state index in [1.165, 1.54) is 0 Å². The van der Waals surface area contributed by atoms with E-state index in [2.05, 4.69) is 13.8 Å². The Hall–Kier alpha value is -1.07. The SMILES string of the molecule is CCc1ccc(S(=O)(=O)N(CC)CC(CC)CC)cc1N. The number of hydrogen-bond donors (Lipinski definition) is 1. The molecule has 0 unspecified atom stereocenters.